The van der Waals surface area contributed by atoms with E-state index in [2.05, 4.69) is 0 Å². The average molecular weight is 337 g/mol. The van der Waals surface area contributed by atoms with Crippen LogP contribution in [0.5, 0.6) is 0 Å². The molecule has 0 aliphatic heterocycles. The lowest BCUT2D eigenvalue weighted by molar-refractivity contribution is -0.246. The Morgan fingerprint density at radius 3 is 2.00 bits per heavy atom. The summed E-state index contributed by atoms with van der Waals surface area (Å²) in [4.78, 5) is 26.4. The number of hydrogen-bond donors (Lipinski definition) is 0. The van der Waals surface area contributed by atoms with Crippen LogP contribution in [0.2, 0.25) is 0 Å². The van der Waals surface area contributed by atoms with Crippen LogP contribution < -0.4 is 14.9 Å². The summed E-state index contributed by atoms with van der Waals surface area (Å²) in [6.45, 7) is 2.01. The highest BCUT2D eigenvalue weighted by atomic mass is 16.4. The summed E-state index contributed by atoms with van der Waals surface area (Å²) in [6, 6.07) is 14.3. The Morgan fingerprint density at radius 1 is 0.960 bits per heavy atom. The zero-order chi connectivity index (χ0) is 18.4. The van der Waals surface area contributed by atoms with E-state index in [1.165, 1.54) is 6.08 Å². The fraction of sp³-hybridized carbons (Fsp3) is 0.200. The van der Waals surface area contributed by atoms with Crippen molar-refractivity contribution in [3.05, 3.63) is 65.7 Å². The highest BCUT2D eigenvalue weighted by Gasteiger charge is 2.07. The maximum Gasteiger partial charge on any atom is 0.185 e. The van der Waals surface area contributed by atoms with Crippen molar-refractivity contribution in [3.8, 4) is 0 Å². The molecule has 2 rings (SSSR count). The second-order valence-electron chi connectivity index (χ2n) is 5.74. The average Bonchev–Trinajstić information content (AvgIpc) is 2.61. The lowest BCUT2D eigenvalue weighted by atomic mass is 10.1. The van der Waals surface area contributed by atoms with Gasteiger partial charge in [-0.05, 0) is 55.0 Å². The number of amides is 1. The van der Waals surface area contributed by atoms with E-state index in [-0.39, 0.29) is 5.78 Å². The molecule has 0 aliphatic rings. The van der Waals surface area contributed by atoms with Gasteiger partial charge < -0.3 is 19.7 Å². The van der Waals surface area contributed by atoms with Crippen LogP contribution >= 0.6 is 0 Å². The van der Waals surface area contributed by atoms with Crippen LogP contribution in [0.3, 0.4) is 0 Å². The molecule has 25 heavy (non-hydrogen) atoms. The van der Waals surface area contributed by atoms with Gasteiger partial charge in [-0.25, -0.2) is 0 Å². The Balaban J connectivity index is 2.08. The summed E-state index contributed by atoms with van der Waals surface area (Å²) < 4.78 is 0. The second kappa shape index (κ2) is 8.15. The molecule has 0 fully saturated rings. The lowest BCUT2D eigenvalue weighted by Crippen LogP contribution is -2.41. The standard InChI is InChI=1S/C20H22N2O3/c1-4-22(20(24)25)18-12-8-16(9-13-18)19(23)14-7-15-5-10-17(11-6-15)21(2)3/h5-14H,4H2,1-3H3,(H,24,25)/p-1. The molecule has 0 aromatic heterocycles. The first-order valence-corrected chi connectivity index (χ1v) is 8.00. The number of carboxylic acid groups (broad SMARTS) is 1. The van der Waals surface area contributed by atoms with Crippen molar-refractivity contribution < 1.29 is 14.7 Å². The Bertz CT molecular complexity index is 763. The summed E-state index contributed by atoms with van der Waals surface area (Å²) in [5, 5.41) is 11.0. The molecule has 0 atom stereocenters. The predicted molar refractivity (Wildman–Crippen MR) is 99.0 cm³/mol. The summed E-state index contributed by atoms with van der Waals surface area (Å²) >= 11 is 0. The fourth-order valence-electron chi connectivity index (χ4n) is 2.37. The molecule has 0 aliphatic carbocycles. The summed E-state index contributed by atoms with van der Waals surface area (Å²) in [5.74, 6) is -0.139. The van der Waals surface area contributed by atoms with Crippen LogP contribution in [0.25, 0.3) is 6.08 Å². The van der Waals surface area contributed by atoms with Crippen LogP contribution in [0.4, 0.5) is 16.2 Å². The van der Waals surface area contributed by atoms with E-state index < -0.39 is 6.09 Å². The number of carbonyl (C=O) groups is 2. The number of benzene rings is 2. The molecule has 0 saturated heterocycles. The van der Waals surface area contributed by atoms with Crippen molar-refractivity contribution in [2.75, 3.05) is 30.4 Å². The van der Waals surface area contributed by atoms with E-state index in [0.717, 1.165) is 16.2 Å². The third kappa shape index (κ3) is 4.70. The van der Waals surface area contributed by atoms with Crippen molar-refractivity contribution >= 4 is 29.3 Å². The van der Waals surface area contributed by atoms with Crippen molar-refractivity contribution in [1.29, 1.82) is 0 Å². The van der Waals surface area contributed by atoms with Crippen molar-refractivity contribution in [1.82, 2.24) is 0 Å². The van der Waals surface area contributed by atoms with Crippen molar-refractivity contribution in [2.24, 2.45) is 0 Å². The quantitative estimate of drug-likeness (QED) is 0.601. The van der Waals surface area contributed by atoms with E-state index >= 15 is 0 Å². The molecular weight excluding hydrogens is 316 g/mol. The minimum atomic E-state index is -1.26. The normalized spacial score (nSPS) is 10.7. The van der Waals surface area contributed by atoms with Gasteiger partial charge in [0.2, 0.25) is 0 Å². The molecule has 0 unspecified atom stereocenters. The van der Waals surface area contributed by atoms with E-state index in [1.807, 2.05) is 43.3 Å². The maximum atomic E-state index is 12.2. The molecule has 0 radical (unpaired) electrons. The molecule has 0 spiro atoms. The smallest absolute Gasteiger partial charge is 0.185 e. The number of anilines is 2. The molecule has 130 valence electrons. The van der Waals surface area contributed by atoms with Crippen LogP contribution in [-0.4, -0.2) is 32.5 Å². The SMILES string of the molecule is CCN(C(=O)[O-])c1ccc(C(=O)C=Cc2ccc(N(C)C)cc2)cc1. The van der Waals surface area contributed by atoms with E-state index in [0.29, 0.717) is 17.8 Å². The molecule has 0 N–H and O–H groups in total. The topological polar surface area (TPSA) is 63.7 Å². The van der Waals surface area contributed by atoms with Crippen LogP contribution in [0.1, 0.15) is 22.8 Å². The largest absolute Gasteiger partial charge is 0.530 e. The van der Waals surface area contributed by atoms with Crippen molar-refractivity contribution in [3.63, 3.8) is 0 Å². The first-order valence-electron chi connectivity index (χ1n) is 8.00. The Hall–Kier alpha value is -3.08. The minimum absolute atomic E-state index is 0.139. The zero-order valence-electron chi connectivity index (χ0n) is 14.6. The first kappa shape index (κ1) is 18.3. The van der Waals surface area contributed by atoms with Gasteiger partial charge in [0.25, 0.3) is 0 Å². The van der Waals surface area contributed by atoms with Crippen LogP contribution in [0, 0.1) is 0 Å². The Kier molecular flexibility index (Phi) is 5.95. The molecule has 2 aromatic rings. The number of allylic oxidation sites excluding steroid dienone is 1. The van der Waals surface area contributed by atoms with Gasteiger partial charge >= 0.3 is 0 Å². The highest BCUT2D eigenvalue weighted by molar-refractivity contribution is 6.07. The number of nitrogens with zero attached hydrogens (tertiary/aromatic N) is 2. The fourth-order valence-corrected chi connectivity index (χ4v) is 2.37. The molecule has 5 nitrogen and oxygen atoms in total. The molecule has 2 aromatic carbocycles. The number of carbonyl (C=O) groups excluding carboxylic acids is 2. The van der Waals surface area contributed by atoms with Crippen LogP contribution in [-0.2, 0) is 0 Å². The van der Waals surface area contributed by atoms with E-state index in [1.54, 1.807) is 37.3 Å². The number of ketones is 1. The van der Waals surface area contributed by atoms with Gasteiger partial charge in [0.15, 0.2) is 5.78 Å². The summed E-state index contributed by atoms with van der Waals surface area (Å²) in [7, 11) is 3.94. The van der Waals surface area contributed by atoms with Gasteiger partial charge in [-0.2, -0.15) is 0 Å². The van der Waals surface area contributed by atoms with Gasteiger partial charge in [0.05, 0.1) is 0 Å². The summed E-state index contributed by atoms with van der Waals surface area (Å²) in [5.41, 5.74) is 3.01. The van der Waals surface area contributed by atoms with Crippen molar-refractivity contribution in [2.45, 2.75) is 6.92 Å². The molecule has 5 heteroatoms. The monoisotopic (exact) mass is 337 g/mol. The Morgan fingerprint density at radius 2 is 1.52 bits per heavy atom. The third-order valence-corrected chi connectivity index (χ3v) is 3.84. The van der Waals surface area contributed by atoms with E-state index in [4.69, 9.17) is 0 Å². The van der Waals surface area contributed by atoms with Gasteiger partial charge in [-0.1, -0.05) is 18.2 Å². The molecule has 0 bridgehead atoms. The van der Waals surface area contributed by atoms with Gasteiger partial charge in [-0.3, -0.25) is 4.79 Å². The first-order chi connectivity index (χ1) is 11.9. The van der Waals surface area contributed by atoms with Gasteiger partial charge in [-0.15, -0.1) is 0 Å². The van der Waals surface area contributed by atoms with Gasteiger partial charge in [0, 0.05) is 37.6 Å². The summed E-state index contributed by atoms with van der Waals surface area (Å²) in [6.07, 6.45) is 2.01. The van der Waals surface area contributed by atoms with Crippen LogP contribution in [0.15, 0.2) is 54.6 Å². The number of hydrogen-bond acceptors (Lipinski definition) is 4. The van der Waals surface area contributed by atoms with Gasteiger partial charge in [0.1, 0.15) is 6.09 Å². The Labute approximate surface area is 147 Å². The number of rotatable bonds is 6. The molecule has 0 saturated carbocycles. The predicted octanol–water partition coefficient (Wildman–Crippen LogP) is 2.82. The minimum Gasteiger partial charge on any atom is -0.530 e. The maximum absolute atomic E-state index is 12.2. The molecule has 1 amide bonds. The second-order valence-corrected chi connectivity index (χ2v) is 5.74. The molecule has 0 heterocycles. The third-order valence-electron chi connectivity index (χ3n) is 3.84. The highest BCUT2D eigenvalue weighted by Crippen LogP contribution is 2.17. The van der Waals surface area contributed by atoms with E-state index in [9.17, 15) is 14.7 Å². The lowest BCUT2D eigenvalue weighted by Gasteiger charge is -2.23. The zero-order valence-corrected chi connectivity index (χ0v) is 14.6. The molecular formula is C20H21N2O3-.